The minimum atomic E-state index is -0.849. The second-order valence-electron chi connectivity index (χ2n) is 10.9. The lowest BCUT2D eigenvalue weighted by atomic mass is 9.74. The molecule has 34 heavy (non-hydrogen) atoms. The van der Waals surface area contributed by atoms with Gasteiger partial charge < -0.3 is 9.84 Å². The van der Waals surface area contributed by atoms with E-state index in [2.05, 4.69) is 85.2 Å². The zero-order chi connectivity index (χ0) is 24.0. The Bertz CT molecular complexity index is 1200. The van der Waals surface area contributed by atoms with Crippen molar-refractivity contribution in [2.75, 3.05) is 0 Å². The molecule has 6 atom stereocenters. The highest BCUT2D eigenvalue weighted by molar-refractivity contribution is 9.09. The van der Waals surface area contributed by atoms with Crippen LogP contribution in [0.3, 0.4) is 0 Å². The number of rotatable bonds is 5. The summed E-state index contributed by atoms with van der Waals surface area (Å²) >= 11 is 3.87. The fraction of sp³-hybridized carbons (Fsp3) is 0.500. The van der Waals surface area contributed by atoms with Crippen LogP contribution in [-0.4, -0.2) is 28.1 Å². The molecule has 0 amide bonds. The predicted molar refractivity (Wildman–Crippen MR) is 143 cm³/mol. The van der Waals surface area contributed by atoms with Crippen LogP contribution in [0.5, 0.6) is 0 Å². The zero-order valence-electron chi connectivity index (χ0n) is 20.3. The van der Waals surface area contributed by atoms with Crippen molar-refractivity contribution in [1.29, 1.82) is 0 Å². The first-order valence-electron chi connectivity index (χ1n) is 12.8. The van der Waals surface area contributed by atoms with Crippen LogP contribution in [0, 0.1) is 17.8 Å². The summed E-state index contributed by atoms with van der Waals surface area (Å²) in [4.78, 5) is 12.8. The molecule has 3 aromatic carbocycles. The maximum Gasteiger partial charge on any atom is 0.333 e. The van der Waals surface area contributed by atoms with Crippen molar-refractivity contribution in [3.63, 3.8) is 0 Å². The van der Waals surface area contributed by atoms with E-state index in [9.17, 15) is 9.90 Å². The monoisotopic (exact) mass is 522 g/mol. The lowest BCUT2D eigenvalue weighted by Crippen LogP contribution is -2.44. The molecular weight excluding hydrogens is 488 g/mol. The fourth-order valence-electron chi connectivity index (χ4n) is 6.42. The van der Waals surface area contributed by atoms with Crippen molar-refractivity contribution in [3.05, 3.63) is 59.7 Å². The molecule has 0 radical (unpaired) electrons. The molecule has 1 fully saturated rings. The number of aryl methyl sites for hydroxylation is 1. The molecule has 1 unspecified atom stereocenters. The van der Waals surface area contributed by atoms with Crippen molar-refractivity contribution < 1.29 is 14.6 Å². The fourth-order valence-corrected chi connectivity index (χ4v) is 7.21. The Balaban J connectivity index is 1.56. The van der Waals surface area contributed by atoms with Crippen molar-refractivity contribution in [2.45, 2.75) is 75.8 Å². The number of hydrogen-bond donors (Lipinski definition) is 1. The number of carboxylic acid groups (broad SMARTS) is 1. The number of ether oxygens (including phenoxy) is 1. The average Bonchev–Trinajstić information content (AvgIpc) is 2.81. The zero-order valence-corrected chi connectivity index (χ0v) is 21.9. The molecule has 0 spiro atoms. The molecule has 3 nitrogen and oxygen atoms in total. The molecule has 0 saturated heterocycles. The maximum atomic E-state index is 12.7. The number of halogens is 1. The van der Waals surface area contributed by atoms with Gasteiger partial charge in [0.15, 0.2) is 6.10 Å². The highest BCUT2D eigenvalue weighted by Crippen LogP contribution is 2.44. The number of benzene rings is 3. The summed E-state index contributed by atoms with van der Waals surface area (Å²) in [6.07, 6.45) is 4.28. The molecule has 5 rings (SSSR count). The van der Waals surface area contributed by atoms with E-state index in [4.69, 9.17) is 4.74 Å². The Labute approximate surface area is 211 Å². The molecule has 0 aromatic heterocycles. The van der Waals surface area contributed by atoms with Crippen molar-refractivity contribution >= 4 is 43.4 Å². The number of alkyl halides is 1. The van der Waals surface area contributed by atoms with Crippen molar-refractivity contribution in [3.8, 4) is 0 Å². The van der Waals surface area contributed by atoms with E-state index in [1.54, 1.807) is 0 Å². The molecular formula is C30H35BrO3. The molecule has 1 N–H and O–H groups in total. The Morgan fingerprint density at radius 3 is 2.56 bits per heavy atom. The number of carbonyl (C=O) groups is 1. The summed E-state index contributed by atoms with van der Waals surface area (Å²) in [5.74, 6) is 0.425. The maximum absolute atomic E-state index is 12.7. The van der Waals surface area contributed by atoms with Gasteiger partial charge in [-0.1, -0.05) is 91.7 Å². The summed E-state index contributed by atoms with van der Waals surface area (Å²) in [6, 6.07) is 17.4. The molecule has 1 saturated carbocycles. The Hall–Kier alpha value is -1.91. The van der Waals surface area contributed by atoms with E-state index in [-0.39, 0.29) is 16.8 Å². The van der Waals surface area contributed by atoms with Crippen LogP contribution in [0.15, 0.2) is 48.5 Å². The van der Waals surface area contributed by atoms with E-state index in [0.717, 1.165) is 31.2 Å². The van der Waals surface area contributed by atoms with Gasteiger partial charge in [-0.2, -0.15) is 0 Å². The van der Waals surface area contributed by atoms with E-state index < -0.39 is 12.1 Å². The topological polar surface area (TPSA) is 46.5 Å². The van der Waals surface area contributed by atoms with E-state index >= 15 is 0 Å². The van der Waals surface area contributed by atoms with Gasteiger partial charge in [-0.15, -0.1) is 0 Å². The molecule has 180 valence electrons. The highest BCUT2D eigenvalue weighted by Gasteiger charge is 2.42. The summed E-state index contributed by atoms with van der Waals surface area (Å²) < 4.78 is 6.62. The Kier molecular flexibility index (Phi) is 6.74. The predicted octanol–water partition coefficient (Wildman–Crippen LogP) is 7.72. The number of hydrogen-bond acceptors (Lipinski definition) is 2. The van der Waals surface area contributed by atoms with Gasteiger partial charge in [-0.3, -0.25) is 0 Å². The van der Waals surface area contributed by atoms with E-state index in [0.29, 0.717) is 17.8 Å². The van der Waals surface area contributed by atoms with Gasteiger partial charge in [0.05, 0.1) is 6.10 Å². The molecule has 2 aliphatic carbocycles. The Morgan fingerprint density at radius 2 is 1.79 bits per heavy atom. The third kappa shape index (κ3) is 4.40. The summed E-state index contributed by atoms with van der Waals surface area (Å²) in [6.45, 7) is 6.75. The van der Waals surface area contributed by atoms with Gasteiger partial charge in [0, 0.05) is 10.7 Å². The second kappa shape index (κ2) is 9.62. The molecule has 0 heterocycles. The standard InChI is InChI=1S/C30H35BrO3/c1-17(2)22-12-8-18(3)14-27(22)34-29(30(32)33)28-25-16-20-10-9-19-6-4-5-7-23(19)24(20)15-21(25)11-13-26(28)31/h4-7,9-10,15-18,22,26-29H,8,11-14H2,1-3H3,(H,32,33)/t18-,22+,26-,27-,28+,29?/m1/s1. The van der Waals surface area contributed by atoms with Gasteiger partial charge in [-0.05, 0) is 76.1 Å². The smallest absolute Gasteiger partial charge is 0.333 e. The summed E-state index contributed by atoms with van der Waals surface area (Å²) in [5.41, 5.74) is 2.39. The third-order valence-corrected chi connectivity index (χ3v) is 9.32. The number of aliphatic carboxylic acids is 1. The third-order valence-electron chi connectivity index (χ3n) is 8.30. The van der Waals surface area contributed by atoms with Crippen LogP contribution in [0.2, 0.25) is 0 Å². The van der Waals surface area contributed by atoms with Crippen LogP contribution in [0.1, 0.15) is 63.5 Å². The van der Waals surface area contributed by atoms with Crippen LogP contribution < -0.4 is 0 Å². The van der Waals surface area contributed by atoms with Crippen molar-refractivity contribution in [2.24, 2.45) is 17.8 Å². The van der Waals surface area contributed by atoms with Gasteiger partial charge in [0.2, 0.25) is 0 Å². The van der Waals surface area contributed by atoms with Gasteiger partial charge in [0.25, 0.3) is 0 Å². The normalized spacial score (nSPS) is 28.2. The molecule has 4 heteroatoms. The Morgan fingerprint density at radius 1 is 1.03 bits per heavy atom. The molecule has 0 aliphatic heterocycles. The molecule has 3 aromatic rings. The first kappa shape index (κ1) is 23.8. The lowest BCUT2D eigenvalue weighted by Gasteiger charge is -2.41. The second-order valence-corrected chi connectivity index (χ2v) is 12.1. The highest BCUT2D eigenvalue weighted by atomic mass is 79.9. The minimum Gasteiger partial charge on any atom is -0.479 e. The van der Waals surface area contributed by atoms with Crippen LogP contribution >= 0.6 is 15.9 Å². The van der Waals surface area contributed by atoms with Crippen molar-refractivity contribution in [1.82, 2.24) is 0 Å². The quantitative estimate of drug-likeness (QED) is 0.275. The van der Waals surface area contributed by atoms with Crippen LogP contribution in [0.4, 0.5) is 0 Å². The van der Waals surface area contributed by atoms with E-state index in [1.807, 2.05) is 0 Å². The van der Waals surface area contributed by atoms with E-state index in [1.165, 1.54) is 33.5 Å². The first-order chi connectivity index (χ1) is 16.3. The van der Waals surface area contributed by atoms with Crippen LogP contribution in [-0.2, 0) is 16.0 Å². The van der Waals surface area contributed by atoms with Crippen LogP contribution in [0.25, 0.3) is 21.5 Å². The summed E-state index contributed by atoms with van der Waals surface area (Å²) in [7, 11) is 0. The summed E-state index contributed by atoms with van der Waals surface area (Å²) in [5, 5.41) is 15.3. The average molecular weight is 524 g/mol. The minimum absolute atomic E-state index is 0.000624. The number of fused-ring (bicyclic) bond motifs is 4. The molecule has 0 bridgehead atoms. The largest absolute Gasteiger partial charge is 0.479 e. The SMILES string of the molecule is CC(C)[C@@H]1CC[C@@H](C)C[C@H]1OC(C(=O)O)[C@H]1c2cc3ccc4ccccc4c3cc2CC[C@H]1Br. The lowest BCUT2D eigenvalue weighted by molar-refractivity contribution is -0.163. The molecule has 2 aliphatic rings. The first-order valence-corrected chi connectivity index (χ1v) is 13.7. The van der Waals surface area contributed by atoms with Gasteiger partial charge >= 0.3 is 5.97 Å². The van der Waals surface area contributed by atoms with Gasteiger partial charge in [-0.25, -0.2) is 4.79 Å². The number of carboxylic acids is 1. The van der Waals surface area contributed by atoms with Gasteiger partial charge in [0.1, 0.15) is 0 Å².